The number of aliphatic hydroxyl groups excluding tert-OH is 1. The van der Waals surface area contributed by atoms with Crippen LogP contribution in [0.5, 0.6) is 0 Å². The summed E-state index contributed by atoms with van der Waals surface area (Å²) < 4.78 is 0. The van der Waals surface area contributed by atoms with Gasteiger partial charge in [0.2, 0.25) is 5.95 Å². The van der Waals surface area contributed by atoms with Gasteiger partial charge in [0.15, 0.2) is 0 Å². The van der Waals surface area contributed by atoms with E-state index in [1.807, 2.05) is 0 Å². The van der Waals surface area contributed by atoms with Crippen LogP contribution in [0, 0.1) is 0 Å². The molecule has 7 nitrogen and oxygen atoms in total. The molecule has 3 atom stereocenters. The number of hydrogen-bond donors (Lipinski definition) is 4. The molecule has 1 saturated carbocycles. The quantitative estimate of drug-likeness (QED) is 0.632. The summed E-state index contributed by atoms with van der Waals surface area (Å²) in [5, 5.41) is 16.6. The lowest BCUT2D eigenvalue weighted by atomic mass is 9.88. The summed E-state index contributed by atoms with van der Waals surface area (Å²) in [6, 6.07) is 8.83. The Morgan fingerprint density at radius 3 is 2.71 bits per heavy atom. The lowest BCUT2D eigenvalue weighted by molar-refractivity contribution is 0.100. The third kappa shape index (κ3) is 4.25. The van der Waals surface area contributed by atoms with Crippen molar-refractivity contribution >= 4 is 17.7 Å². The minimum absolute atomic E-state index is 0.0751. The van der Waals surface area contributed by atoms with E-state index in [4.69, 9.17) is 5.73 Å². The fourth-order valence-corrected chi connectivity index (χ4v) is 4.23. The van der Waals surface area contributed by atoms with Crippen molar-refractivity contribution in [3.8, 4) is 0 Å². The fraction of sp³-hybridized carbons (Fsp3) is 0.476. The highest BCUT2D eigenvalue weighted by Gasteiger charge is 2.24. The number of aryl methyl sites for hydroxylation is 1. The predicted octanol–water partition coefficient (Wildman–Crippen LogP) is 2.26. The summed E-state index contributed by atoms with van der Waals surface area (Å²) in [6.45, 7) is 0. The minimum atomic E-state index is -0.558. The summed E-state index contributed by atoms with van der Waals surface area (Å²) >= 11 is 0. The number of carbonyl (C=O) groups is 1. The molecular weight excluding hydrogens is 354 g/mol. The van der Waals surface area contributed by atoms with Gasteiger partial charge in [0.25, 0.3) is 5.91 Å². The zero-order valence-electron chi connectivity index (χ0n) is 15.9. The second-order valence-corrected chi connectivity index (χ2v) is 7.83. The lowest BCUT2D eigenvalue weighted by Gasteiger charge is -2.28. The number of aliphatic hydroxyl groups is 1. The molecule has 148 valence electrons. The molecule has 1 aromatic heterocycles. The maximum absolute atomic E-state index is 11.8. The van der Waals surface area contributed by atoms with Crippen LogP contribution in [0.2, 0.25) is 0 Å². The zero-order valence-corrected chi connectivity index (χ0v) is 15.9. The zero-order chi connectivity index (χ0) is 19.5. The van der Waals surface area contributed by atoms with Crippen LogP contribution >= 0.6 is 0 Å². The predicted molar refractivity (Wildman–Crippen MR) is 108 cm³/mol. The number of primary amides is 1. The highest BCUT2D eigenvalue weighted by Crippen LogP contribution is 2.25. The largest absolute Gasteiger partial charge is 0.393 e. The Hall–Kier alpha value is -2.67. The standard InChI is InChI=1S/C21H27N5O2/c22-19(28)18-12-23-21(26-20(18)24-15-6-3-7-17(27)11-15)25-16-9-8-13-4-1-2-5-14(13)10-16/h1-2,4-5,12,15-17,27H,3,6-11H2,(H2,22,28)(H2,23,24,25,26)/t15-,16+,17?/m1/s1. The first-order valence-electron chi connectivity index (χ1n) is 10.0. The Kier molecular flexibility index (Phi) is 5.43. The molecule has 2 aromatic rings. The molecule has 7 heteroatoms. The van der Waals surface area contributed by atoms with Crippen LogP contribution in [0.4, 0.5) is 11.8 Å². The van der Waals surface area contributed by atoms with Gasteiger partial charge in [0, 0.05) is 18.3 Å². The smallest absolute Gasteiger partial charge is 0.254 e. The number of anilines is 2. The Morgan fingerprint density at radius 2 is 1.93 bits per heavy atom. The van der Waals surface area contributed by atoms with Crippen molar-refractivity contribution in [2.45, 2.75) is 63.1 Å². The molecule has 1 aromatic carbocycles. The molecule has 1 fully saturated rings. The summed E-state index contributed by atoms with van der Waals surface area (Å²) in [6.07, 6.45) is 7.47. The van der Waals surface area contributed by atoms with E-state index in [0.717, 1.165) is 38.5 Å². The van der Waals surface area contributed by atoms with Gasteiger partial charge < -0.3 is 21.5 Å². The van der Waals surface area contributed by atoms with Crippen LogP contribution in [0.25, 0.3) is 0 Å². The van der Waals surface area contributed by atoms with Gasteiger partial charge in [-0.25, -0.2) is 4.98 Å². The van der Waals surface area contributed by atoms with Gasteiger partial charge in [-0.15, -0.1) is 0 Å². The highest BCUT2D eigenvalue weighted by atomic mass is 16.3. The first kappa shape index (κ1) is 18.7. The number of hydrogen-bond acceptors (Lipinski definition) is 6. The fourth-order valence-electron chi connectivity index (χ4n) is 4.23. The molecule has 0 radical (unpaired) electrons. The number of benzene rings is 1. The number of fused-ring (bicyclic) bond motifs is 1. The number of rotatable bonds is 5. The number of nitrogens with zero attached hydrogens (tertiary/aromatic N) is 2. The van der Waals surface area contributed by atoms with Crippen LogP contribution in [-0.4, -0.2) is 39.2 Å². The van der Waals surface area contributed by atoms with E-state index in [1.165, 1.54) is 17.3 Å². The Balaban J connectivity index is 1.49. The van der Waals surface area contributed by atoms with Crippen LogP contribution in [0.3, 0.4) is 0 Å². The number of nitrogens with two attached hydrogens (primary N) is 1. The van der Waals surface area contributed by atoms with Crippen molar-refractivity contribution in [1.82, 2.24) is 9.97 Å². The second-order valence-electron chi connectivity index (χ2n) is 7.83. The van der Waals surface area contributed by atoms with Crippen molar-refractivity contribution in [3.63, 3.8) is 0 Å². The number of nitrogens with one attached hydrogen (secondary N) is 2. The summed E-state index contributed by atoms with van der Waals surface area (Å²) in [4.78, 5) is 20.7. The van der Waals surface area contributed by atoms with Crippen LogP contribution in [0.1, 0.15) is 53.6 Å². The van der Waals surface area contributed by atoms with Gasteiger partial charge in [0.05, 0.1) is 11.7 Å². The Bertz CT molecular complexity index is 856. The molecule has 1 unspecified atom stereocenters. The first-order valence-corrected chi connectivity index (χ1v) is 10.0. The molecule has 2 aliphatic rings. The van der Waals surface area contributed by atoms with E-state index >= 15 is 0 Å². The van der Waals surface area contributed by atoms with Gasteiger partial charge >= 0.3 is 0 Å². The van der Waals surface area contributed by atoms with E-state index < -0.39 is 5.91 Å². The summed E-state index contributed by atoms with van der Waals surface area (Å²) in [7, 11) is 0. The topological polar surface area (TPSA) is 113 Å². The Labute approximate surface area is 164 Å². The summed E-state index contributed by atoms with van der Waals surface area (Å²) in [5.74, 6) is 0.380. The second kappa shape index (κ2) is 8.14. The van der Waals surface area contributed by atoms with Gasteiger partial charge in [-0.2, -0.15) is 4.98 Å². The van der Waals surface area contributed by atoms with Crippen molar-refractivity contribution in [2.24, 2.45) is 5.73 Å². The average molecular weight is 381 g/mol. The van der Waals surface area contributed by atoms with Gasteiger partial charge in [-0.1, -0.05) is 24.3 Å². The highest BCUT2D eigenvalue weighted by molar-refractivity contribution is 5.97. The van der Waals surface area contributed by atoms with Crippen LogP contribution in [0.15, 0.2) is 30.5 Å². The van der Waals surface area contributed by atoms with Crippen molar-refractivity contribution in [1.29, 1.82) is 0 Å². The third-order valence-corrected chi connectivity index (χ3v) is 5.72. The molecule has 1 heterocycles. The third-order valence-electron chi connectivity index (χ3n) is 5.72. The first-order chi connectivity index (χ1) is 13.6. The van der Waals surface area contributed by atoms with E-state index in [2.05, 4.69) is 44.9 Å². The average Bonchev–Trinajstić information content (AvgIpc) is 2.68. The molecule has 5 N–H and O–H groups in total. The molecule has 0 aliphatic heterocycles. The molecule has 0 bridgehead atoms. The molecule has 2 aliphatic carbocycles. The lowest BCUT2D eigenvalue weighted by Crippen LogP contribution is -2.32. The van der Waals surface area contributed by atoms with Gasteiger partial charge in [0.1, 0.15) is 5.82 Å². The number of aromatic nitrogens is 2. The summed E-state index contributed by atoms with van der Waals surface area (Å²) in [5.41, 5.74) is 8.55. The SMILES string of the molecule is NC(=O)c1cnc(N[C@H]2CCc3ccccc3C2)nc1N[C@@H]1CCCC(O)C1. The molecule has 4 rings (SSSR count). The van der Waals surface area contributed by atoms with E-state index in [1.54, 1.807) is 0 Å². The molecular formula is C21H27N5O2. The Morgan fingerprint density at radius 1 is 1.11 bits per heavy atom. The normalized spacial score (nSPS) is 24.2. The maximum atomic E-state index is 11.8. The number of amides is 1. The van der Waals surface area contributed by atoms with Crippen molar-refractivity contribution < 1.29 is 9.90 Å². The van der Waals surface area contributed by atoms with Gasteiger partial charge in [-0.3, -0.25) is 4.79 Å². The van der Waals surface area contributed by atoms with E-state index in [9.17, 15) is 9.90 Å². The van der Waals surface area contributed by atoms with Crippen molar-refractivity contribution in [2.75, 3.05) is 10.6 Å². The van der Waals surface area contributed by atoms with Crippen LogP contribution in [-0.2, 0) is 12.8 Å². The van der Waals surface area contributed by atoms with E-state index in [-0.39, 0.29) is 23.8 Å². The molecule has 0 spiro atoms. The van der Waals surface area contributed by atoms with Crippen molar-refractivity contribution in [3.05, 3.63) is 47.2 Å². The maximum Gasteiger partial charge on any atom is 0.254 e. The molecule has 1 amide bonds. The molecule has 28 heavy (non-hydrogen) atoms. The molecule has 0 saturated heterocycles. The van der Waals surface area contributed by atoms with E-state index in [0.29, 0.717) is 18.2 Å². The monoisotopic (exact) mass is 381 g/mol. The minimum Gasteiger partial charge on any atom is -0.393 e. The van der Waals surface area contributed by atoms with Gasteiger partial charge in [-0.05, 0) is 56.1 Å². The van der Waals surface area contributed by atoms with Crippen LogP contribution < -0.4 is 16.4 Å². The number of carbonyl (C=O) groups excluding carboxylic acids is 1.